The van der Waals surface area contributed by atoms with Gasteiger partial charge in [-0.2, -0.15) is 0 Å². The van der Waals surface area contributed by atoms with Crippen LogP contribution in [0.15, 0.2) is 54.6 Å². The molecule has 98 valence electrons. The first kappa shape index (κ1) is 11.6. The SMILES string of the molecule is O[C@@H]1C=Cc2ccc3cc4ccccc4cc3c2[C@H]1O. The van der Waals surface area contributed by atoms with E-state index in [4.69, 9.17) is 0 Å². The van der Waals surface area contributed by atoms with Crippen LogP contribution in [0.5, 0.6) is 0 Å². The lowest BCUT2D eigenvalue weighted by molar-refractivity contribution is 0.0480. The molecule has 2 nitrogen and oxygen atoms in total. The molecule has 1 aliphatic carbocycles. The number of fused-ring (bicyclic) bond motifs is 4. The number of aliphatic hydroxyl groups excluding tert-OH is 2. The van der Waals surface area contributed by atoms with Crippen LogP contribution in [0.1, 0.15) is 17.2 Å². The topological polar surface area (TPSA) is 40.5 Å². The predicted octanol–water partition coefficient (Wildman–Crippen LogP) is 3.41. The normalized spacial score (nSPS) is 21.3. The van der Waals surface area contributed by atoms with Gasteiger partial charge >= 0.3 is 0 Å². The molecule has 0 unspecified atom stereocenters. The van der Waals surface area contributed by atoms with Crippen molar-refractivity contribution in [1.29, 1.82) is 0 Å². The van der Waals surface area contributed by atoms with Gasteiger partial charge < -0.3 is 10.2 Å². The van der Waals surface area contributed by atoms with Crippen molar-refractivity contribution < 1.29 is 10.2 Å². The van der Waals surface area contributed by atoms with E-state index in [1.54, 1.807) is 6.08 Å². The van der Waals surface area contributed by atoms with Crippen LogP contribution in [0.4, 0.5) is 0 Å². The first-order valence-electron chi connectivity index (χ1n) is 6.74. The average Bonchev–Trinajstić information content (AvgIpc) is 2.48. The molecule has 2 N–H and O–H groups in total. The Bertz CT molecular complexity index is 849. The summed E-state index contributed by atoms with van der Waals surface area (Å²) >= 11 is 0. The highest BCUT2D eigenvalue weighted by molar-refractivity contribution is 6.01. The Morgan fingerprint density at radius 1 is 0.800 bits per heavy atom. The summed E-state index contributed by atoms with van der Waals surface area (Å²) in [6.45, 7) is 0. The number of benzene rings is 3. The molecule has 0 fully saturated rings. The lowest BCUT2D eigenvalue weighted by atomic mass is 9.87. The molecular weight excluding hydrogens is 248 g/mol. The second kappa shape index (κ2) is 4.17. The fourth-order valence-corrected chi connectivity index (χ4v) is 3.01. The maximum atomic E-state index is 10.3. The van der Waals surface area contributed by atoms with Gasteiger partial charge in [0, 0.05) is 0 Å². The first-order chi connectivity index (χ1) is 9.74. The van der Waals surface area contributed by atoms with Crippen LogP contribution >= 0.6 is 0 Å². The Morgan fingerprint density at radius 3 is 2.35 bits per heavy atom. The molecule has 20 heavy (non-hydrogen) atoms. The van der Waals surface area contributed by atoms with E-state index in [0.29, 0.717) is 0 Å². The quantitative estimate of drug-likeness (QED) is 0.609. The lowest BCUT2D eigenvalue weighted by Gasteiger charge is -2.23. The standard InChI is InChI=1S/C18H14O2/c19-16-8-7-11-5-6-14-9-12-3-1-2-4-13(12)10-15(14)17(11)18(16)20/h1-10,16,18-20H/t16-,18+/m1/s1. The van der Waals surface area contributed by atoms with Crippen molar-refractivity contribution >= 4 is 27.6 Å². The zero-order valence-corrected chi connectivity index (χ0v) is 10.8. The average molecular weight is 262 g/mol. The summed E-state index contributed by atoms with van der Waals surface area (Å²) in [7, 11) is 0. The molecule has 0 spiro atoms. The molecule has 0 saturated heterocycles. The molecule has 0 aromatic heterocycles. The van der Waals surface area contributed by atoms with Gasteiger partial charge in [-0.25, -0.2) is 0 Å². The van der Waals surface area contributed by atoms with Crippen molar-refractivity contribution in [2.24, 2.45) is 0 Å². The Balaban J connectivity index is 2.12. The third-order valence-electron chi connectivity index (χ3n) is 4.05. The zero-order chi connectivity index (χ0) is 13.7. The summed E-state index contributed by atoms with van der Waals surface area (Å²) in [4.78, 5) is 0. The van der Waals surface area contributed by atoms with E-state index in [9.17, 15) is 10.2 Å². The minimum Gasteiger partial charge on any atom is -0.386 e. The van der Waals surface area contributed by atoms with Gasteiger partial charge in [0.15, 0.2) is 0 Å². The zero-order valence-electron chi connectivity index (χ0n) is 10.8. The molecule has 0 aliphatic heterocycles. The van der Waals surface area contributed by atoms with Crippen LogP contribution in [0.2, 0.25) is 0 Å². The summed E-state index contributed by atoms with van der Waals surface area (Å²) in [6, 6.07) is 16.5. The van der Waals surface area contributed by atoms with E-state index in [1.165, 1.54) is 5.39 Å². The third-order valence-corrected chi connectivity index (χ3v) is 4.05. The summed E-state index contributed by atoms with van der Waals surface area (Å²) in [5, 5.41) is 24.6. The van der Waals surface area contributed by atoms with E-state index < -0.39 is 12.2 Å². The maximum Gasteiger partial charge on any atom is 0.110 e. The summed E-state index contributed by atoms with van der Waals surface area (Å²) in [5.74, 6) is 0. The fraction of sp³-hybridized carbons (Fsp3) is 0.111. The van der Waals surface area contributed by atoms with Gasteiger partial charge in [0.1, 0.15) is 12.2 Å². The smallest absolute Gasteiger partial charge is 0.110 e. The lowest BCUT2D eigenvalue weighted by Crippen LogP contribution is -2.19. The largest absolute Gasteiger partial charge is 0.386 e. The second-order valence-corrected chi connectivity index (χ2v) is 5.28. The van der Waals surface area contributed by atoms with Crippen molar-refractivity contribution in [3.8, 4) is 0 Å². The van der Waals surface area contributed by atoms with E-state index in [2.05, 4.69) is 30.3 Å². The van der Waals surface area contributed by atoms with Crippen LogP contribution in [0, 0.1) is 0 Å². The van der Waals surface area contributed by atoms with E-state index in [0.717, 1.165) is 27.3 Å². The third kappa shape index (κ3) is 1.59. The summed E-state index contributed by atoms with van der Waals surface area (Å²) in [5.41, 5.74) is 1.80. The van der Waals surface area contributed by atoms with Crippen molar-refractivity contribution in [3.63, 3.8) is 0 Å². The van der Waals surface area contributed by atoms with Gasteiger partial charge in [-0.15, -0.1) is 0 Å². The predicted molar refractivity (Wildman–Crippen MR) is 81.5 cm³/mol. The van der Waals surface area contributed by atoms with E-state index in [1.807, 2.05) is 24.3 Å². The van der Waals surface area contributed by atoms with Crippen molar-refractivity contribution in [2.75, 3.05) is 0 Å². The first-order valence-corrected chi connectivity index (χ1v) is 6.74. The highest BCUT2D eigenvalue weighted by Crippen LogP contribution is 2.36. The molecular formula is C18H14O2. The van der Waals surface area contributed by atoms with Crippen LogP contribution in [0.3, 0.4) is 0 Å². The molecule has 0 bridgehead atoms. The maximum absolute atomic E-state index is 10.3. The van der Waals surface area contributed by atoms with Gasteiger partial charge in [0.25, 0.3) is 0 Å². The monoisotopic (exact) mass is 262 g/mol. The fourth-order valence-electron chi connectivity index (χ4n) is 3.01. The Hall–Kier alpha value is -2.16. The molecule has 4 rings (SSSR count). The molecule has 0 amide bonds. The van der Waals surface area contributed by atoms with Crippen LogP contribution in [-0.4, -0.2) is 16.3 Å². The highest BCUT2D eigenvalue weighted by Gasteiger charge is 2.24. The van der Waals surface area contributed by atoms with Gasteiger partial charge in [-0.05, 0) is 44.8 Å². The molecule has 2 atom stereocenters. The Labute approximate surface area is 116 Å². The minimum absolute atomic E-state index is 0.822. The number of rotatable bonds is 0. The molecule has 3 aromatic rings. The van der Waals surface area contributed by atoms with Crippen LogP contribution in [0.25, 0.3) is 27.6 Å². The van der Waals surface area contributed by atoms with E-state index in [-0.39, 0.29) is 0 Å². The minimum atomic E-state index is -0.861. The van der Waals surface area contributed by atoms with Gasteiger partial charge in [0.2, 0.25) is 0 Å². The van der Waals surface area contributed by atoms with Crippen molar-refractivity contribution in [1.82, 2.24) is 0 Å². The Kier molecular flexibility index (Phi) is 2.43. The molecule has 0 radical (unpaired) electrons. The summed E-state index contributed by atoms with van der Waals surface area (Å²) < 4.78 is 0. The molecule has 3 aromatic carbocycles. The summed E-state index contributed by atoms with van der Waals surface area (Å²) in [6.07, 6.45) is 1.82. The van der Waals surface area contributed by atoms with Gasteiger partial charge in [-0.3, -0.25) is 0 Å². The number of hydrogen-bond donors (Lipinski definition) is 2. The highest BCUT2D eigenvalue weighted by atomic mass is 16.3. The molecule has 1 aliphatic rings. The molecule has 2 heteroatoms. The number of aliphatic hydroxyl groups is 2. The van der Waals surface area contributed by atoms with Gasteiger partial charge in [0.05, 0.1) is 0 Å². The Morgan fingerprint density at radius 2 is 1.55 bits per heavy atom. The van der Waals surface area contributed by atoms with Crippen LogP contribution in [-0.2, 0) is 0 Å². The second-order valence-electron chi connectivity index (χ2n) is 5.28. The van der Waals surface area contributed by atoms with E-state index >= 15 is 0 Å². The van der Waals surface area contributed by atoms with Crippen molar-refractivity contribution in [3.05, 3.63) is 65.7 Å². The van der Waals surface area contributed by atoms with Gasteiger partial charge in [-0.1, -0.05) is 48.6 Å². The van der Waals surface area contributed by atoms with Crippen LogP contribution < -0.4 is 0 Å². The molecule has 0 heterocycles. The number of hydrogen-bond acceptors (Lipinski definition) is 2. The molecule has 0 saturated carbocycles. The van der Waals surface area contributed by atoms with Crippen molar-refractivity contribution in [2.45, 2.75) is 12.2 Å².